The summed E-state index contributed by atoms with van der Waals surface area (Å²) in [6.07, 6.45) is 0. The van der Waals surface area contributed by atoms with E-state index in [1.165, 1.54) is 0 Å². The van der Waals surface area contributed by atoms with E-state index in [4.69, 9.17) is 11.1 Å². The highest BCUT2D eigenvalue weighted by Crippen LogP contribution is 1.96. The molecule has 0 atom stereocenters. The molecule has 0 aliphatic carbocycles. The fraction of sp³-hybridized carbons (Fsp3) is 0.500. The van der Waals surface area contributed by atoms with Crippen molar-refractivity contribution >= 4 is 11.7 Å². The molecule has 60 valence electrons. The van der Waals surface area contributed by atoms with Crippen LogP contribution in [0.5, 0.6) is 0 Å². The highest BCUT2D eigenvalue weighted by molar-refractivity contribution is 5.95. The standard InChI is InChI=1S/C4H4N8/c5-11-9-3-1-7-4(2-8-3)10-12-6/h1-2H2. The minimum absolute atomic E-state index is 0.179. The Morgan fingerprint density at radius 2 is 1.42 bits per heavy atom. The molecule has 8 heteroatoms. The fourth-order valence-corrected chi connectivity index (χ4v) is 0.654. The molecule has 0 aromatic rings. The topological polar surface area (TPSA) is 122 Å². The summed E-state index contributed by atoms with van der Waals surface area (Å²) in [5.74, 6) is 0.628. The molecule has 1 rings (SSSR count). The molecule has 0 bridgehead atoms. The van der Waals surface area contributed by atoms with Crippen molar-refractivity contribution in [2.45, 2.75) is 0 Å². The van der Waals surface area contributed by atoms with Gasteiger partial charge in [-0.3, -0.25) is 9.98 Å². The maximum absolute atomic E-state index is 8.03. The first-order chi connectivity index (χ1) is 5.86. The summed E-state index contributed by atoms with van der Waals surface area (Å²) in [6, 6.07) is 0. The molecule has 0 spiro atoms. The van der Waals surface area contributed by atoms with Crippen LogP contribution in [0.1, 0.15) is 0 Å². The summed E-state index contributed by atoms with van der Waals surface area (Å²) < 4.78 is 0. The van der Waals surface area contributed by atoms with Crippen LogP contribution in [0.15, 0.2) is 20.2 Å². The van der Waals surface area contributed by atoms with Crippen molar-refractivity contribution in [3.63, 3.8) is 0 Å². The van der Waals surface area contributed by atoms with Crippen LogP contribution in [0.4, 0.5) is 0 Å². The lowest BCUT2D eigenvalue weighted by atomic mass is 10.5. The number of hydrogen-bond donors (Lipinski definition) is 0. The molecule has 0 aromatic heterocycles. The minimum atomic E-state index is 0.179. The Labute approximate surface area is 66.9 Å². The Bertz CT molecular complexity index is 291. The maximum Gasteiger partial charge on any atom is 0.120 e. The zero-order chi connectivity index (χ0) is 8.81. The number of rotatable bonds is 0. The zero-order valence-electron chi connectivity index (χ0n) is 5.99. The first-order valence-electron chi connectivity index (χ1n) is 3.03. The number of nitrogens with zero attached hydrogens (tertiary/aromatic N) is 8. The van der Waals surface area contributed by atoms with Crippen LogP contribution >= 0.6 is 0 Å². The molecule has 0 amide bonds. The summed E-state index contributed by atoms with van der Waals surface area (Å²) in [6.45, 7) is 0.358. The van der Waals surface area contributed by atoms with Crippen LogP contribution in [0, 0.1) is 0 Å². The van der Waals surface area contributed by atoms with Crippen molar-refractivity contribution < 1.29 is 0 Å². The van der Waals surface area contributed by atoms with E-state index in [0.717, 1.165) is 0 Å². The highest BCUT2D eigenvalue weighted by Gasteiger charge is 2.03. The largest absolute Gasteiger partial charge is 0.279 e. The van der Waals surface area contributed by atoms with E-state index < -0.39 is 0 Å². The van der Waals surface area contributed by atoms with Gasteiger partial charge in [0.15, 0.2) is 0 Å². The molecule has 0 unspecified atom stereocenters. The molecule has 1 heterocycles. The molecule has 0 saturated carbocycles. The molecule has 8 nitrogen and oxygen atoms in total. The van der Waals surface area contributed by atoms with Gasteiger partial charge in [0.2, 0.25) is 0 Å². The van der Waals surface area contributed by atoms with E-state index in [1.807, 2.05) is 0 Å². The van der Waals surface area contributed by atoms with Gasteiger partial charge in [-0.2, -0.15) is 0 Å². The lowest BCUT2D eigenvalue weighted by Crippen LogP contribution is -2.12. The molecule has 1 aliphatic heterocycles. The van der Waals surface area contributed by atoms with Crippen LogP contribution in [-0.2, 0) is 0 Å². The van der Waals surface area contributed by atoms with Crippen LogP contribution < -0.4 is 0 Å². The molecular weight excluding hydrogens is 160 g/mol. The van der Waals surface area contributed by atoms with E-state index in [-0.39, 0.29) is 13.1 Å². The number of aliphatic imine (C=N–C) groups is 2. The second-order valence-electron chi connectivity index (χ2n) is 1.84. The third kappa shape index (κ3) is 1.98. The molecular formula is C4H4N8. The van der Waals surface area contributed by atoms with Crippen LogP contribution in [0.3, 0.4) is 0 Å². The average Bonchev–Trinajstić information content (AvgIpc) is 2.09. The Kier molecular flexibility index (Phi) is 2.67. The normalized spacial score (nSPS) is 15.0. The second kappa shape index (κ2) is 3.97. The quantitative estimate of drug-likeness (QED) is 0.292. The fourth-order valence-electron chi connectivity index (χ4n) is 0.654. The van der Waals surface area contributed by atoms with E-state index in [2.05, 4.69) is 30.0 Å². The van der Waals surface area contributed by atoms with Gasteiger partial charge in [-0.15, -0.1) is 0 Å². The van der Waals surface area contributed by atoms with E-state index in [1.54, 1.807) is 0 Å². The van der Waals surface area contributed by atoms with Gasteiger partial charge in [-0.05, 0) is 21.3 Å². The predicted molar refractivity (Wildman–Crippen MR) is 42.9 cm³/mol. The Balaban J connectivity index is 2.65. The van der Waals surface area contributed by atoms with Crippen molar-refractivity contribution in [1.82, 2.24) is 0 Å². The van der Waals surface area contributed by atoms with Crippen LogP contribution in [-0.4, -0.2) is 24.8 Å². The Morgan fingerprint density at radius 3 is 1.67 bits per heavy atom. The Hall–Kier alpha value is -2.04. The smallest absolute Gasteiger partial charge is 0.120 e. The van der Waals surface area contributed by atoms with Gasteiger partial charge in [-0.1, -0.05) is 0 Å². The molecule has 12 heavy (non-hydrogen) atoms. The van der Waals surface area contributed by atoms with Gasteiger partial charge in [0, 0.05) is 9.82 Å². The monoisotopic (exact) mass is 164 g/mol. The number of azide groups is 2. The van der Waals surface area contributed by atoms with Gasteiger partial charge < -0.3 is 0 Å². The van der Waals surface area contributed by atoms with E-state index >= 15 is 0 Å². The third-order valence-electron chi connectivity index (χ3n) is 1.13. The molecule has 0 aromatic carbocycles. The summed E-state index contributed by atoms with van der Waals surface area (Å²) >= 11 is 0. The van der Waals surface area contributed by atoms with Crippen LogP contribution in [0.2, 0.25) is 0 Å². The molecule has 1 aliphatic rings. The number of amidine groups is 2. The second-order valence-corrected chi connectivity index (χ2v) is 1.84. The molecule has 0 fully saturated rings. The highest BCUT2D eigenvalue weighted by atomic mass is 15.2. The van der Waals surface area contributed by atoms with Gasteiger partial charge in [0.05, 0.1) is 13.1 Å². The third-order valence-corrected chi connectivity index (χ3v) is 1.13. The van der Waals surface area contributed by atoms with Crippen molar-refractivity contribution in [2.24, 2.45) is 20.2 Å². The zero-order valence-corrected chi connectivity index (χ0v) is 5.99. The lowest BCUT2D eigenvalue weighted by molar-refractivity contribution is 1.10. The summed E-state index contributed by atoms with van der Waals surface area (Å²) in [5, 5.41) is 6.53. The van der Waals surface area contributed by atoms with Gasteiger partial charge in [0.1, 0.15) is 11.7 Å². The van der Waals surface area contributed by atoms with Crippen molar-refractivity contribution in [1.29, 1.82) is 0 Å². The minimum Gasteiger partial charge on any atom is -0.279 e. The first kappa shape index (κ1) is 8.06. The summed E-state index contributed by atoms with van der Waals surface area (Å²) in [7, 11) is 0. The van der Waals surface area contributed by atoms with Gasteiger partial charge in [0.25, 0.3) is 0 Å². The molecule has 0 N–H and O–H groups in total. The van der Waals surface area contributed by atoms with Gasteiger partial charge >= 0.3 is 0 Å². The summed E-state index contributed by atoms with van der Waals surface area (Å²) in [4.78, 5) is 12.7. The molecule has 0 radical (unpaired) electrons. The first-order valence-corrected chi connectivity index (χ1v) is 3.03. The maximum atomic E-state index is 8.03. The van der Waals surface area contributed by atoms with Crippen molar-refractivity contribution in [3.05, 3.63) is 20.9 Å². The van der Waals surface area contributed by atoms with E-state index in [0.29, 0.717) is 11.7 Å². The van der Waals surface area contributed by atoms with Crippen molar-refractivity contribution in [2.75, 3.05) is 13.1 Å². The van der Waals surface area contributed by atoms with Crippen molar-refractivity contribution in [3.8, 4) is 0 Å². The van der Waals surface area contributed by atoms with E-state index in [9.17, 15) is 0 Å². The predicted octanol–water partition coefficient (Wildman–Crippen LogP) is 1.42. The Morgan fingerprint density at radius 1 is 1.00 bits per heavy atom. The molecule has 0 saturated heterocycles. The number of hydrogen-bond acceptors (Lipinski definition) is 4. The average molecular weight is 164 g/mol. The summed E-state index contributed by atoms with van der Waals surface area (Å²) in [5.41, 5.74) is 16.1. The SMILES string of the molecule is [N-]=[N+]=NC1=NCC(N=[N+]=[N-])=NC1. The lowest BCUT2D eigenvalue weighted by Gasteiger charge is -2.03. The van der Waals surface area contributed by atoms with Gasteiger partial charge in [-0.25, -0.2) is 0 Å². The van der Waals surface area contributed by atoms with Crippen LogP contribution in [0.25, 0.3) is 20.9 Å².